The third-order valence-corrected chi connectivity index (χ3v) is 5.13. The van der Waals surface area contributed by atoms with Crippen molar-refractivity contribution in [1.29, 1.82) is 0 Å². The highest BCUT2D eigenvalue weighted by molar-refractivity contribution is 7.99. The van der Waals surface area contributed by atoms with Crippen molar-refractivity contribution >= 4 is 23.8 Å². The van der Waals surface area contributed by atoms with Crippen LogP contribution in [0.1, 0.15) is 5.56 Å². The molecule has 2 N–H and O–H groups in total. The average molecular weight is 423 g/mol. The number of hydrogen-bond donors (Lipinski definition) is 2. The molecule has 1 unspecified atom stereocenters. The lowest BCUT2D eigenvalue weighted by atomic mass is 10.2. The first-order valence-corrected chi connectivity index (χ1v) is 10.2. The Kier molecular flexibility index (Phi) is 7.74. The molecule has 1 atom stereocenters. The third kappa shape index (κ3) is 6.86. The highest BCUT2D eigenvalue weighted by Gasteiger charge is 2.21. The highest BCUT2D eigenvalue weighted by Crippen LogP contribution is 2.25. The smallest absolute Gasteiger partial charge is 0.408 e. The van der Waals surface area contributed by atoms with Gasteiger partial charge >= 0.3 is 12.1 Å². The molecular formula is C23H21NO5S. The molecule has 30 heavy (non-hydrogen) atoms. The van der Waals surface area contributed by atoms with E-state index in [1.807, 2.05) is 84.9 Å². The molecule has 0 spiro atoms. The summed E-state index contributed by atoms with van der Waals surface area (Å²) in [7, 11) is 0. The Bertz CT molecular complexity index is 948. The highest BCUT2D eigenvalue weighted by atomic mass is 32.2. The molecule has 0 saturated heterocycles. The lowest BCUT2D eigenvalue weighted by Crippen LogP contribution is -2.42. The normalized spacial score (nSPS) is 11.3. The maximum absolute atomic E-state index is 11.9. The Morgan fingerprint density at radius 3 is 2.10 bits per heavy atom. The zero-order valence-corrected chi connectivity index (χ0v) is 16.9. The average Bonchev–Trinajstić information content (AvgIpc) is 2.77. The molecule has 1 amide bonds. The molecule has 0 fully saturated rings. The van der Waals surface area contributed by atoms with Gasteiger partial charge in [-0.15, -0.1) is 11.8 Å². The number of rotatable bonds is 9. The lowest BCUT2D eigenvalue weighted by Gasteiger charge is -2.14. The van der Waals surface area contributed by atoms with Crippen molar-refractivity contribution in [3.05, 3.63) is 90.5 Å². The molecule has 6 nitrogen and oxygen atoms in total. The lowest BCUT2D eigenvalue weighted by molar-refractivity contribution is -0.138. The van der Waals surface area contributed by atoms with Gasteiger partial charge in [-0.05, 0) is 42.0 Å². The molecule has 154 valence electrons. The Balaban J connectivity index is 1.48. The largest absolute Gasteiger partial charge is 0.480 e. The van der Waals surface area contributed by atoms with Crippen LogP contribution in [0.5, 0.6) is 11.5 Å². The number of carboxylic acid groups (broad SMARTS) is 1. The number of para-hydroxylation sites is 1. The van der Waals surface area contributed by atoms with Gasteiger partial charge in [0.2, 0.25) is 0 Å². The van der Waals surface area contributed by atoms with Gasteiger partial charge in [-0.3, -0.25) is 0 Å². The summed E-state index contributed by atoms with van der Waals surface area (Å²) >= 11 is 1.32. The van der Waals surface area contributed by atoms with Crippen LogP contribution in [0.2, 0.25) is 0 Å². The van der Waals surface area contributed by atoms with Crippen molar-refractivity contribution < 1.29 is 24.2 Å². The molecule has 0 saturated carbocycles. The maximum Gasteiger partial charge on any atom is 0.408 e. The fourth-order valence-electron chi connectivity index (χ4n) is 2.49. The van der Waals surface area contributed by atoms with E-state index in [0.29, 0.717) is 5.75 Å². The first-order chi connectivity index (χ1) is 14.6. The van der Waals surface area contributed by atoms with Crippen LogP contribution in [-0.2, 0) is 16.1 Å². The fraction of sp³-hybridized carbons (Fsp3) is 0.130. The summed E-state index contributed by atoms with van der Waals surface area (Å²) < 4.78 is 10.8. The first-order valence-electron chi connectivity index (χ1n) is 9.26. The van der Waals surface area contributed by atoms with Crippen LogP contribution in [0.3, 0.4) is 0 Å². The van der Waals surface area contributed by atoms with Gasteiger partial charge in [0.05, 0.1) is 0 Å². The molecule has 0 aliphatic carbocycles. The van der Waals surface area contributed by atoms with E-state index in [1.54, 1.807) is 0 Å². The van der Waals surface area contributed by atoms with Gasteiger partial charge < -0.3 is 19.9 Å². The van der Waals surface area contributed by atoms with E-state index >= 15 is 0 Å². The van der Waals surface area contributed by atoms with E-state index < -0.39 is 18.1 Å². The van der Waals surface area contributed by atoms with Crippen molar-refractivity contribution in [2.24, 2.45) is 0 Å². The zero-order valence-electron chi connectivity index (χ0n) is 16.1. The molecule has 0 radical (unpaired) electrons. The molecular weight excluding hydrogens is 402 g/mol. The SMILES string of the molecule is O=C(NC(CSc1ccc(Oc2ccccc2)cc1)C(=O)O)OCc1ccccc1. The monoisotopic (exact) mass is 423 g/mol. The number of carbonyl (C=O) groups excluding carboxylic acids is 1. The number of alkyl carbamates (subject to hydrolysis) is 1. The summed E-state index contributed by atoms with van der Waals surface area (Å²) in [5.74, 6) is 0.461. The maximum atomic E-state index is 11.9. The second kappa shape index (κ2) is 10.9. The first kappa shape index (κ1) is 21.3. The van der Waals surface area contributed by atoms with E-state index in [9.17, 15) is 14.7 Å². The minimum absolute atomic E-state index is 0.0784. The van der Waals surface area contributed by atoms with E-state index in [0.717, 1.165) is 16.2 Å². The quantitative estimate of drug-likeness (QED) is 0.474. The topological polar surface area (TPSA) is 84.9 Å². The molecule has 0 aliphatic heterocycles. The van der Waals surface area contributed by atoms with E-state index in [2.05, 4.69) is 5.32 Å². The van der Waals surface area contributed by atoms with Crippen molar-refractivity contribution in [1.82, 2.24) is 5.32 Å². The Labute approximate surface area is 178 Å². The van der Waals surface area contributed by atoms with Crippen molar-refractivity contribution in [2.75, 3.05) is 5.75 Å². The minimum Gasteiger partial charge on any atom is -0.480 e. The number of amides is 1. The third-order valence-electron chi connectivity index (χ3n) is 4.02. The van der Waals surface area contributed by atoms with Crippen LogP contribution in [-0.4, -0.2) is 29.0 Å². The van der Waals surface area contributed by atoms with Gasteiger partial charge in [-0.25, -0.2) is 9.59 Å². The number of aliphatic carboxylic acids is 1. The van der Waals surface area contributed by atoms with Gasteiger partial charge in [0, 0.05) is 10.6 Å². The molecule has 3 aromatic carbocycles. The zero-order chi connectivity index (χ0) is 21.2. The van der Waals surface area contributed by atoms with Gasteiger partial charge in [-0.1, -0.05) is 48.5 Å². The molecule has 3 aromatic rings. The van der Waals surface area contributed by atoms with Crippen molar-refractivity contribution in [3.8, 4) is 11.5 Å². The van der Waals surface area contributed by atoms with Crippen LogP contribution in [0.15, 0.2) is 89.8 Å². The summed E-state index contributed by atoms with van der Waals surface area (Å²) in [5, 5.41) is 11.8. The number of carboxylic acids is 1. The van der Waals surface area contributed by atoms with Crippen molar-refractivity contribution in [2.45, 2.75) is 17.5 Å². The summed E-state index contributed by atoms with van der Waals surface area (Å²) in [5.41, 5.74) is 0.826. The summed E-state index contributed by atoms with van der Waals surface area (Å²) in [6.45, 7) is 0.0784. The summed E-state index contributed by atoms with van der Waals surface area (Å²) in [4.78, 5) is 24.3. The van der Waals surface area contributed by atoms with Gasteiger partial charge in [0.1, 0.15) is 24.1 Å². The standard InChI is InChI=1S/C23H21NO5S/c25-22(26)21(24-23(27)28-15-17-7-3-1-4-8-17)16-30-20-13-11-19(12-14-20)29-18-9-5-2-6-10-18/h1-14,21H,15-16H2,(H,24,27)(H,25,26). The van der Waals surface area contributed by atoms with Gasteiger partial charge in [-0.2, -0.15) is 0 Å². The molecule has 0 heterocycles. The molecule has 3 rings (SSSR count). The van der Waals surface area contributed by atoms with E-state index in [-0.39, 0.29) is 12.4 Å². The predicted octanol–water partition coefficient (Wildman–Crippen LogP) is 4.95. The van der Waals surface area contributed by atoms with Crippen LogP contribution < -0.4 is 10.1 Å². The van der Waals surface area contributed by atoms with E-state index in [1.165, 1.54) is 11.8 Å². The van der Waals surface area contributed by atoms with Crippen LogP contribution in [0.4, 0.5) is 4.79 Å². The number of ether oxygens (including phenoxy) is 2. The van der Waals surface area contributed by atoms with E-state index in [4.69, 9.17) is 9.47 Å². The van der Waals surface area contributed by atoms with Crippen LogP contribution >= 0.6 is 11.8 Å². The second-order valence-electron chi connectivity index (χ2n) is 6.29. The predicted molar refractivity (Wildman–Crippen MR) is 115 cm³/mol. The Hall–Kier alpha value is -3.45. The number of carbonyl (C=O) groups is 2. The second-order valence-corrected chi connectivity index (χ2v) is 7.39. The van der Waals surface area contributed by atoms with Gasteiger partial charge in [0.15, 0.2) is 0 Å². The summed E-state index contributed by atoms with van der Waals surface area (Å²) in [6.07, 6.45) is -0.765. The number of nitrogens with one attached hydrogen (secondary N) is 1. The number of thioether (sulfide) groups is 1. The van der Waals surface area contributed by atoms with Crippen LogP contribution in [0, 0.1) is 0 Å². The Morgan fingerprint density at radius 2 is 1.47 bits per heavy atom. The van der Waals surface area contributed by atoms with Gasteiger partial charge in [0.25, 0.3) is 0 Å². The number of benzene rings is 3. The molecule has 7 heteroatoms. The fourth-order valence-corrected chi connectivity index (χ4v) is 3.40. The number of hydrogen-bond acceptors (Lipinski definition) is 5. The Morgan fingerprint density at radius 1 is 0.867 bits per heavy atom. The van der Waals surface area contributed by atoms with Crippen molar-refractivity contribution in [3.63, 3.8) is 0 Å². The molecule has 0 bridgehead atoms. The van der Waals surface area contributed by atoms with Crippen LogP contribution in [0.25, 0.3) is 0 Å². The molecule has 0 aromatic heterocycles. The summed E-state index contributed by atoms with van der Waals surface area (Å²) in [6, 6.07) is 24.8. The minimum atomic E-state index is -1.12. The molecule has 0 aliphatic rings.